The first-order valence-corrected chi connectivity index (χ1v) is 19.1. The number of halogens is 7. The maximum absolute atomic E-state index is 14.3. The quantitative estimate of drug-likeness (QED) is 0.125. The van der Waals surface area contributed by atoms with Crippen LogP contribution in [0, 0.1) is 49.7 Å². The van der Waals surface area contributed by atoms with E-state index in [0.717, 1.165) is 0 Å². The molecule has 0 aromatic heterocycles. The molecule has 2 aliphatic heterocycles. The van der Waals surface area contributed by atoms with Crippen molar-refractivity contribution in [3.8, 4) is 35.7 Å². The second-order valence-electron chi connectivity index (χ2n) is 13.5. The number of nitrogens with zero attached hydrogens (tertiary/aromatic N) is 4. The van der Waals surface area contributed by atoms with Crippen molar-refractivity contribution >= 4 is 39.7 Å². The maximum atomic E-state index is 14.3. The van der Waals surface area contributed by atoms with E-state index in [-0.39, 0.29) is 47.5 Å². The van der Waals surface area contributed by atoms with Gasteiger partial charge in [-0.1, -0.05) is 49.5 Å². The van der Waals surface area contributed by atoms with Crippen LogP contribution in [0.1, 0.15) is 46.4 Å². The highest BCUT2D eigenvalue weighted by atomic mass is 79.9. The molecule has 2 atom stereocenters. The minimum Gasteiger partial charge on any atom is -0.435 e. The van der Waals surface area contributed by atoms with Gasteiger partial charge in [-0.25, -0.2) is 18.8 Å². The van der Waals surface area contributed by atoms with E-state index in [4.69, 9.17) is 22.6 Å². The molecule has 0 spiro atoms. The third kappa shape index (κ3) is 11.0. The Morgan fingerprint density at radius 3 is 1.45 bits per heavy atom. The van der Waals surface area contributed by atoms with Crippen LogP contribution in [0.15, 0.2) is 87.3 Å². The van der Waals surface area contributed by atoms with Crippen molar-refractivity contribution in [3.05, 3.63) is 128 Å². The zero-order valence-electron chi connectivity index (χ0n) is 34.6. The number of carbonyl (C=O) groups excluding carboxylic acids is 2. The molecule has 19 heteroatoms. The summed E-state index contributed by atoms with van der Waals surface area (Å²) in [6, 6.07) is 16.8. The SMILES string of the molecule is C.C#CCOC.COCC#Cc1cc(C2(c3ccc(OC(F)F)c(C)c3)N=C(N)N(C)C2=O)ccc1F.Cc1cc(C2(c3ccc(F)c(Br)c3)N=C(N)N(C)C2=O)ccc1OC(F)F. The highest BCUT2D eigenvalue weighted by Gasteiger charge is 2.51. The molecular weight excluding hydrogens is 914 g/mol. The van der Waals surface area contributed by atoms with Gasteiger partial charge >= 0.3 is 13.2 Å². The number of ether oxygens (including phenoxy) is 4. The average molecular weight is 960 g/mol. The normalized spacial score (nSPS) is 17.5. The van der Waals surface area contributed by atoms with Crippen molar-refractivity contribution in [2.75, 3.05) is 41.5 Å². The molecule has 0 bridgehead atoms. The van der Waals surface area contributed by atoms with E-state index < -0.39 is 47.7 Å². The fourth-order valence-corrected chi connectivity index (χ4v) is 6.81. The van der Waals surface area contributed by atoms with Gasteiger partial charge in [0.05, 0.1) is 10.0 Å². The van der Waals surface area contributed by atoms with Crippen molar-refractivity contribution in [1.82, 2.24) is 9.80 Å². The van der Waals surface area contributed by atoms with Gasteiger partial charge in [0.25, 0.3) is 11.8 Å². The highest BCUT2D eigenvalue weighted by molar-refractivity contribution is 9.10. The van der Waals surface area contributed by atoms with Gasteiger partial charge in [0.1, 0.15) is 36.3 Å². The number of methoxy groups -OCH3 is 2. The summed E-state index contributed by atoms with van der Waals surface area (Å²) in [6.07, 6.45) is 4.76. The molecule has 0 saturated carbocycles. The third-order valence-corrected chi connectivity index (χ3v) is 10.1. The zero-order valence-corrected chi connectivity index (χ0v) is 36.2. The smallest absolute Gasteiger partial charge is 0.387 e. The van der Waals surface area contributed by atoms with E-state index in [2.05, 4.69) is 57.9 Å². The lowest BCUT2D eigenvalue weighted by Gasteiger charge is -2.27. The third-order valence-electron chi connectivity index (χ3n) is 9.49. The number of amides is 2. The van der Waals surface area contributed by atoms with E-state index in [9.17, 15) is 35.9 Å². The maximum Gasteiger partial charge on any atom is 0.387 e. The van der Waals surface area contributed by atoms with Crippen molar-refractivity contribution in [2.45, 2.75) is 45.6 Å². The van der Waals surface area contributed by atoms with Crippen LogP contribution < -0.4 is 20.9 Å². The van der Waals surface area contributed by atoms with Crippen molar-refractivity contribution < 1.29 is 54.9 Å². The van der Waals surface area contributed by atoms with E-state index in [1.807, 2.05) is 0 Å². The van der Waals surface area contributed by atoms with E-state index in [1.165, 1.54) is 104 Å². The first kappa shape index (κ1) is 51.8. The molecule has 12 nitrogen and oxygen atoms in total. The Labute approximate surface area is 375 Å². The molecule has 0 saturated heterocycles. The fourth-order valence-electron chi connectivity index (χ4n) is 6.43. The molecule has 4 N–H and O–H groups in total. The van der Waals surface area contributed by atoms with Crippen LogP contribution in [0.5, 0.6) is 11.5 Å². The number of aryl methyl sites for hydroxylation is 2. The number of aliphatic imine (C=N–C) groups is 2. The molecule has 0 fully saturated rings. The summed E-state index contributed by atoms with van der Waals surface area (Å²) in [5.41, 5.74) is 10.9. The Bertz CT molecular complexity index is 2530. The number of benzene rings is 4. The van der Waals surface area contributed by atoms with Crippen LogP contribution in [0.3, 0.4) is 0 Å². The number of carbonyl (C=O) groups is 2. The van der Waals surface area contributed by atoms with Gasteiger partial charge < -0.3 is 30.4 Å². The van der Waals surface area contributed by atoms with E-state index in [1.54, 1.807) is 21.0 Å². The Morgan fingerprint density at radius 1 is 0.703 bits per heavy atom. The van der Waals surface area contributed by atoms with Gasteiger partial charge in [0, 0.05) is 28.3 Å². The van der Waals surface area contributed by atoms with Crippen molar-refractivity contribution in [3.63, 3.8) is 0 Å². The van der Waals surface area contributed by atoms with Crippen LogP contribution >= 0.6 is 15.9 Å². The molecule has 4 aromatic carbocycles. The van der Waals surface area contributed by atoms with Crippen LogP contribution in [0.4, 0.5) is 26.3 Å². The predicted octanol–water partition coefficient (Wildman–Crippen LogP) is 7.19. The molecule has 2 amide bonds. The first-order valence-electron chi connectivity index (χ1n) is 18.3. The number of nitrogens with two attached hydrogens (primary N) is 2. The monoisotopic (exact) mass is 958 g/mol. The molecule has 2 heterocycles. The number of alkyl halides is 4. The summed E-state index contributed by atoms with van der Waals surface area (Å²) < 4.78 is 96.8. The van der Waals surface area contributed by atoms with Crippen LogP contribution in [0.2, 0.25) is 0 Å². The van der Waals surface area contributed by atoms with Gasteiger partial charge in [0.2, 0.25) is 0 Å². The van der Waals surface area contributed by atoms with Gasteiger partial charge in [-0.2, -0.15) is 17.6 Å². The zero-order chi connectivity index (χ0) is 46.8. The largest absolute Gasteiger partial charge is 0.435 e. The Balaban J connectivity index is 0.000000306. The Morgan fingerprint density at radius 2 is 1.11 bits per heavy atom. The molecule has 64 heavy (non-hydrogen) atoms. The van der Waals surface area contributed by atoms with E-state index >= 15 is 0 Å². The molecule has 6 rings (SSSR count). The summed E-state index contributed by atoms with van der Waals surface area (Å²) >= 11 is 3.11. The van der Waals surface area contributed by atoms with Gasteiger partial charge in [0.15, 0.2) is 23.0 Å². The molecule has 2 aliphatic rings. The topological polar surface area (TPSA) is 154 Å². The van der Waals surface area contributed by atoms with Gasteiger partial charge in [-0.3, -0.25) is 19.4 Å². The number of hydrogen-bond acceptors (Lipinski definition) is 10. The standard InChI is InChI=1S/C22H20F3N3O3.C18H15BrF3N3O2.C4H6O.CH4/c1-13-11-15(7-9-18(13)31-20(24)25)22(19(29)28(2)21(26)27-22)16-6-8-17(23)14(12-16)5-4-10-30-3;1-9-7-10(4-6-14(9)27-16(21)22)18(15(26)25(2)17(23)24-18)11-3-5-13(20)12(19)8-11;1-3-4-5-2;/h6-9,11-12,20H,10H2,1-3H3,(H2,26,27);3-8,16H,1-2H3,(H2,23,24);1H,4H2,2H3;1H4. The number of hydrogen-bond donors (Lipinski definition) is 2. The molecule has 2 unspecified atom stereocenters. The lowest BCUT2D eigenvalue weighted by atomic mass is 9.81. The van der Waals surface area contributed by atoms with Crippen LogP contribution in [-0.2, 0) is 30.1 Å². The van der Waals surface area contributed by atoms with Gasteiger partial charge in [-0.05, 0) is 112 Å². The molecule has 0 radical (unpaired) electrons. The Kier molecular flexibility index (Phi) is 18.0. The number of guanidine groups is 2. The molecule has 4 aromatic rings. The van der Waals surface area contributed by atoms with E-state index in [0.29, 0.717) is 40.0 Å². The molecule has 0 aliphatic carbocycles. The summed E-state index contributed by atoms with van der Waals surface area (Å²) in [5, 5.41) is 0. The number of likely N-dealkylation sites (N-methyl/N-ethyl adjacent to an activating group) is 2. The summed E-state index contributed by atoms with van der Waals surface area (Å²) in [4.78, 5) is 37.5. The second-order valence-corrected chi connectivity index (χ2v) is 14.4. The van der Waals surface area contributed by atoms with Crippen molar-refractivity contribution in [2.24, 2.45) is 21.5 Å². The van der Waals surface area contributed by atoms with Crippen LogP contribution in [-0.4, -0.2) is 88.3 Å². The van der Waals surface area contributed by atoms with Crippen LogP contribution in [0.25, 0.3) is 0 Å². The summed E-state index contributed by atoms with van der Waals surface area (Å²) in [5.74, 6) is 5.55. The Hall–Kier alpha value is -6.54. The average Bonchev–Trinajstić information content (AvgIpc) is 3.61. The highest BCUT2D eigenvalue weighted by Crippen LogP contribution is 2.43. The molecule has 340 valence electrons. The minimum absolute atomic E-state index is 0. The van der Waals surface area contributed by atoms with Crippen molar-refractivity contribution in [1.29, 1.82) is 0 Å². The lowest BCUT2D eigenvalue weighted by molar-refractivity contribution is -0.130. The second kappa shape index (κ2) is 22.2. The first-order chi connectivity index (χ1) is 29.8. The summed E-state index contributed by atoms with van der Waals surface area (Å²) in [6.45, 7) is -2.29. The minimum atomic E-state index is -2.99. The van der Waals surface area contributed by atoms with Gasteiger partial charge in [-0.15, -0.1) is 6.42 Å². The number of rotatable bonds is 10. The fraction of sp³-hybridized carbons (Fsp3) is 0.289. The lowest BCUT2D eigenvalue weighted by Crippen LogP contribution is -2.41. The molecular formula is C45H45BrF6N6O6. The predicted molar refractivity (Wildman–Crippen MR) is 233 cm³/mol. The number of terminal acetylenes is 1. The summed E-state index contributed by atoms with van der Waals surface area (Å²) in [7, 11) is 5.97.